The highest BCUT2D eigenvalue weighted by atomic mass is 35.5. The number of carbonyl (C=O) groups excluding carboxylic acids is 1. The van der Waals surface area contributed by atoms with E-state index in [0.29, 0.717) is 6.54 Å². The number of hydrogen-bond donors (Lipinski definition) is 2. The van der Waals surface area contributed by atoms with Crippen molar-refractivity contribution in [2.45, 2.75) is 31.1 Å². The van der Waals surface area contributed by atoms with Crippen LogP contribution in [0.15, 0.2) is 47.4 Å². The first-order valence-corrected chi connectivity index (χ1v) is 8.16. The molecule has 1 aromatic heterocycles. The molecule has 1 aliphatic carbocycles. The van der Waals surface area contributed by atoms with Gasteiger partial charge in [0.1, 0.15) is 0 Å². The second-order valence-corrected chi connectivity index (χ2v) is 6.59. The Hall–Kier alpha value is -2.07. The van der Waals surface area contributed by atoms with E-state index in [9.17, 15) is 9.59 Å². The summed E-state index contributed by atoms with van der Waals surface area (Å²) in [5, 5.41) is 3.76. The fourth-order valence-corrected chi connectivity index (χ4v) is 3.17. The standard InChI is InChI=1S/C18H19ClN2O2/c19-15-5-3-14(4-6-15)18(8-1-9-18)12-21-17(23)10-13-2-7-16(22)20-11-13/h2-7,11H,1,8-10,12H2,(H,20,22)(H,21,23). The molecule has 1 heterocycles. The zero-order valence-corrected chi connectivity index (χ0v) is 13.5. The van der Waals surface area contributed by atoms with Crippen molar-refractivity contribution in [1.82, 2.24) is 10.3 Å². The van der Waals surface area contributed by atoms with Gasteiger partial charge in [-0.3, -0.25) is 9.59 Å². The molecular weight excluding hydrogens is 312 g/mol. The van der Waals surface area contributed by atoms with E-state index in [-0.39, 0.29) is 23.3 Å². The Labute approximate surface area is 139 Å². The smallest absolute Gasteiger partial charge is 0.247 e. The maximum atomic E-state index is 12.1. The minimum atomic E-state index is -0.162. The van der Waals surface area contributed by atoms with E-state index in [4.69, 9.17) is 11.6 Å². The summed E-state index contributed by atoms with van der Waals surface area (Å²) in [6.07, 6.45) is 5.19. The predicted octanol–water partition coefficient (Wildman–Crippen LogP) is 2.81. The quantitative estimate of drug-likeness (QED) is 0.885. The van der Waals surface area contributed by atoms with Crippen molar-refractivity contribution >= 4 is 17.5 Å². The summed E-state index contributed by atoms with van der Waals surface area (Å²) in [6, 6.07) is 11.0. The van der Waals surface area contributed by atoms with Gasteiger partial charge in [-0.2, -0.15) is 0 Å². The number of rotatable bonds is 5. The topological polar surface area (TPSA) is 62.0 Å². The van der Waals surface area contributed by atoms with Crippen molar-refractivity contribution in [3.05, 3.63) is 69.1 Å². The number of aromatic amines is 1. The lowest BCUT2D eigenvalue weighted by Gasteiger charge is -2.42. The zero-order chi connectivity index (χ0) is 16.3. The second kappa shape index (κ2) is 6.59. The number of aromatic nitrogens is 1. The highest BCUT2D eigenvalue weighted by Crippen LogP contribution is 2.43. The number of H-pyrrole nitrogens is 1. The average Bonchev–Trinajstić information content (AvgIpc) is 2.50. The van der Waals surface area contributed by atoms with Crippen LogP contribution in [0.25, 0.3) is 0 Å². The van der Waals surface area contributed by atoms with Crippen molar-refractivity contribution in [2.24, 2.45) is 0 Å². The van der Waals surface area contributed by atoms with Gasteiger partial charge in [-0.1, -0.05) is 36.2 Å². The number of pyridine rings is 1. The Morgan fingerprint density at radius 3 is 2.48 bits per heavy atom. The summed E-state index contributed by atoms with van der Waals surface area (Å²) in [5.74, 6) is -0.0303. The summed E-state index contributed by atoms with van der Waals surface area (Å²) in [5.41, 5.74) is 1.91. The van der Waals surface area contributed by atoms with Crippen molar-refractivity contribution in [3.8, 4) is 0 Å². The zero-order valence-electron chi connectivity index (χ0n) is 12.8. The Kier molecular flexibility index (Phi) is 4.53. The molecular formula is C18H19ClN2O2. The van der Waals surface area contributed by atoms with Crippen molar-refractivity contribution in [3.63, 3.8) is 0 Å². The Morgan fingerprint density at radius 1 is 1.17 bits per heavy atom. The minimum absolute atomic E-state index is 0.0303. The number of halogens is 1. The van der Waals surface area contributed by atoms with Gasteiger partial charge in [0.2, 0.25) is 11.5 Å². The van der Waals surface area contributed by atoms with Gasteiger partial charge in [-0.05, 0) is 36.1 Å². The maximum Gasteiger partial charge on any atom is 0.247 e. The minimum Gasteiger partial charge on any atom is -0.355 e. The third-order valence-electron chi connectivity index (χ3n) is 4.60. The molecule has 1 saturated carbocycles. The van der Waals surface area contributed by atoms with Crippen LogP contribution in [0.5, 0.6) is 0 Å². The van der Waals surface area contributed by atoms with Gasteiger partial charge in [0.05, 0.1) is 6.42 Å². The van der Waals surface area contributed by atoms with Gasteiger partial charge < -0.3 is 10.3 Å². The van der Waals surface area contributed by atoms with Gasteiger partial charge in [0, 0.05) is 29.2 Å². The first kappa shape index (κ1) is 15.8. The lowest BCUT2D eigenvalue weighted by atomic mass is 9.64. The molecule has 120 valence electrons. The highest BCUT2D eigenvalue weighted by molar-refractivity contribution is 6.30. The van der Waals surface area contributed by atoms with Crippen molar-refractivity contribution < 1.29 is 4.79 Å². The molecule has 1 aromatic carbocycles. The molecule has 0 aliphatic heterocycles. The SMILES string of the molecule is O=C(Cc1ccc(=O)[nH]c1)NCC1(c2ccc(Cl)cc2)CCC1. The van der Waals surface area contributed by atoms with E-state index >= 15 is 0 Å². The molecule has 0 unspecified atom stereocenters. The Bertz CT molecular complexity index is 728. The van der Waals surface area contributed by atoms with Gasteiger partial charge in [-0.15, -0.1) is 0 Å². The number of hydrogen-bond acceptors (Lipinski definition) is 2. The van der Waals surface area contributed by atoms with E-state index < -0.39 is 0 Å². The number of carbonyl (C=O) groups is 1. The molecule has 1 aliphatic rings. The molecule has 0 atom stereocenters. The van der Waals surface area contributed by atoms with Gasteiger partial charge in [-0.25, -0.2) is 0 Å². The molecule has 2 N–H and O–H groups in total. The van der Waals surface area contributed by atoms with Gasteiger partial charge in [0.25, 0.3) is 0 Å². The van der Waals surface area contributed by atoms with Crippen LogP contribution in [0.2, 0.25) is 5.02 Å². The lowest BCUT2D eigenvalue weighted by molar-refractivity contribution is -0.120. The molecule has 1 fully saturated rings. The van der Waals surface area contributed by atoms with Crippen LogP contribution in [0.1, 0.15) is 30.4 Å². The third kappa shape index (κ3) is 3.64. The average molecular weight is 331 g/mol. The number of benzene rings is 1. The molecule has 0 bridgehead atoms. The van der Waals surface area contributed by atoms with Crippen LogP contribution < -0.4 is 10.9 Å². The summed E-state index contributed by atoms with van der Waals surface area (Å²) in [7, 11) is 0. The van der Waals surface area contributed by atoms with E-state index in [1.165, 1.54) is 18.1 Å². The van der Waals surface area contributed by atoms with Gasteiger partial charge >= 0.3 is 0 Å². The molecule has 0 saturated heterocycles. The largest absolute Gasteiger partial charge is 0.355 e. The normalized spacial score (nSPS) is 15.7. The molecule has 3 rings (SSSR count). The molecule has 0 spiro atoms. The summed E-state index contributed by atoms with van der Waals surface area (Å²) in [4.78, 5) is 25.8. The first-order chi connectivity index (χ1) is 11.1. The van der Waals surface area contributed by atoms with E-state index in [1.807, 2.05) is 12.1 Å². The molecule has 5 heteroatoms. The Balaban J connectivity index is 1.61. The van der Waals surface area contributed by atoms with E-state index in [0.717, 1.165) is 23.4 Å². The van der Waals surface area contributed by atoms with Crippen LogP contribution in [0.4, 0.5) is 0 Å². The fourth-order valence-electron chi connectivity index (χ4n) is 3.04. The monoisotopic (exact) mass is 330 g/mol. The van der Waals surface area contributed by atoms with Crippen LogP contribution in [-0.2, 0) is 16.6 Å². The summed E-state index contributed by atoms with van der Waals surface area (Å²) >= 11 is 5.96. The lowest BCUT2D eigenvalue weighted by Crippen LogP contribution is -2.45. The predicted molar refractivity (Wildman–Crippen MR) is 90.8 cm³/mol. The third-order valence-corrected chi connectivity index (χ3v) is 4.86. The number of nitrogens with one attached hydrogen (secondary N) is 2. The fraction of sp³-hybridized carbons (Fsp3) is 0.333. The van der Waals surface area contributed by atoms with E-state index in [2.05, 4.69) is 22.4 Å². The molecule has 0 radical (unpaired) electrons. The summed E-state index contributed by atoms with van der Waals surface area (Å²) in [6.45, 7) is 0.636. The number of amides is 1. The molecule has 23 heavy (non-hydrogen) atoms. The molecule has 2 aromatic rings. The van der Waals surface area contributed by atoms with Crippen LogP contribution in [0, 0.1) is 0 Å². The van der Waals surface area contributed by atoms with E-state index in [1.54, 1.807) is 12.3 Å². The highest BCUT2D eigenvalue weighted by Gasteiger charge is 2.38. The van der Waals surface area contributed by atoms with Crippen LogP contribution >= 0.6 is 11.6 Å². The van der Waals surface area contributed by atoms with Crippen LogP contribution in [-0.4, -0.2) is 17.4 Å². The van der Waals surface area contributed by atoms with Crippen molar-refractivity contribution in [1.29, 1.82) is 0 Å². The molecule has 1 amide bonds. The maximum absolute atomic E-state index is 12.1. The van der Waals surface area contributed by atoms with Gasteiger partial charge in [0.15, 0.2) is 0 Å². The second-order valence-electron chi connectivity index (χ2n) is 6.16. The van der Waals surface area contributed by atoms with Crippen LogP contribution in [0.3, 0.4) is 0 Å². The Morgan fingerprint density at radius 2 is 1.91 bits per heavy atom. The van der Waals surface area contributed by atoms with Crippen molar-refractivity contribution in [2.75, 3.05) is 6.54 Å². The first-order valence-electron chi connectivity index (χ1n) is 7.78. The summed E-state index contributed by atoms with van der Waals surface area (Å²) < 4.78 is 0. The molecule has 4 nitrogen and oxygen atoms in total.